The first-order valence-corrected chi connectivity index (χ1v) is 17.4. The minimum atomic E-state index is -3.67. The number of hydrogen-bond acceptors (Lipinski definition) is 5. The number of nitrogens with zero attached hydrogens (tertiary/aromatic N) is 2. The predicted octanol–water partition coefficient (Wildman–Crippen LogP) is 7.56. The number of benzene rings is 5. The van der Waals surface area contributed by atoms with Crippen molar-refractivity contribution in [2.75, 3.05) is 30.3 Å². The molecule has 0 unspecified atom stereocenters. The Morgan fingerprint density at radius 2 is 1.43 bits per heavy atom. The fourth-order valence-corrected chi connectivity index (χ4v) is 6.86. The van der Waals surface area contributed by atoms with E-state index >= 15 is 0 Å². The van der Waals surface area contributed by atoms with Crippen molar-refractivity contribution in [3.05, 3.63) is 143 Å². The van der Waals surface area contributed by atoms with Crippen LogP contribution >= 0.6 is 11.6 Å². The molecule has 0 bridgehead atoms. The lowest BCUT2D eigenvalue weighted by atomic mass is 10.1. The highest BCUT2D eigenvalue weighted by Gasteiger charge is 2.23. The molecule has 1 aromatic heterocycles. The van der Waals surface area contributed by atoms with E-state index in [4.69, 9.17) is 16.3 Å². The second kappa shape index (κ2) is 14.0. The van der Waals surface area contributed by atoms with Crippen molar-refractivity contribution in [1.29, 1.82) is 0 Å². The molecular weight excluding hydrogens is 618 g/mol. The van der Waals surface area contributed by atoms with Crippen LogP contribution in [0, 0.1) is 0 Å². The van der Waals surface area contributed by atoms with Crippen LogP contribution in [0.5, 0.6) is 5.75 Å². The molecule has 2 N–H and O–H groups in total. The first kappa shape index (κ1) is 31.6. The summed E-state index contributed by atoms with van der Waals surface area (Å²) < 4.78 is 33.2. The predicted molar refractivity (Wildman–Crippen MR) is 187 cm³/mol. The summed E-state index contributed by atoms with van der Waals surface area (Å²) in [6.45, 7) is 2.00. The van der Waals surface area contributed by atoms with Crippen LogP contribution in [0.25, 0.3) is 21.8 Å². The second-order valence-electron chi connectivity index (χ2n) is 11.4. The van der Waals surface area contributed by atoms with Gasteiger partial charge in [0.2, 0.25) is 10.0 Å². The molecule has 0 aliphatic carbocycles. The van der Waals surface area contributed by atoms with Gasteiger partial charge in [-0.15, -0.1) is 0 Å². The topological polar surface area (TPSA) is 85.9 Å². The van der Waals surface area contributed by atoms with Crippen LogP contribution in [-0.4, -0.2) is 49.4 Å². The summed E-state index contributed by atoms with van der Waals surface area (Å²) in [7, 11) is -3.67. The number of aromatic amines is 1. The highest BCUT2D eigenvalue weighted by molar-refractivity contribution is 7.92. The van der Waals surface area contributed by atoms with Gasteiger partial charge in [0.15, 0.2) is 0 Å². The Hall–Kier alpha value is -4.34. The zero-order chi connectivity index (χ0) is 32.1. The molecule has 236 valence electrons. The van der Waals surface area contributed by atoms with E-state index in [1.165, 1.54) is 9.69 Å². The first-order chi connectivity index (χ1) is 22.2. The molecule has 0 radical (unpaired) electrons. The van der Waals surface area contributed by atoms with Gasteiger partial charge < -0.3 is 14.8 Å². The number of halogens is 1. The summed E-state index contributed by atoms with van der Waals surface area (Å²) in [5, 5.41) is 14.1. The van der Waals surface area contributed by atoms with Crippen molar-refractivity contribution in [3.8, 4) is 5.75 Å². The zero-order valence-corrected chi connectivity index (χ0v) is 27.1. The molecule has 7 nitrogen and oxygen atoms in total. The summed E-state index contributed by atoms with van der Waals surface area (Å²) >= 11 is 6.55. The quantitative estimate of drug-likeness (QED) is 0.134. The first-order valence-electron chi connectivity index (χ1n) is 15.1. The number of H-pyrrole nitrogens is 1. The fourth-order valence-electron chi connectivity index (χ4n) is 5.70. The summed E-state index contributed by atoms with van der Waals surface area (Å²) in [5.41, 5.74) is 4.94. The minimum absolute atomic E-state index is 0.126. The Bertz CT molecular complexity index is 2030. The average molecular weight is 654 g/mol. The molecule has 0 fully saturated rings. The van der Waals surface area contributed by atoms with Crippen molar-refractivity contribution in [1.82, 2.24) is 9.88 Å². The zero-order valence-electron chi connectivity index (χ0n) is 25.5. The molecule has 6 aromatic rings. The summed E-state index contributed by atoms with van der Waals surface area (Å²) in [5.74, 6) is 0.765. The number of para-hydroxylation sites is 1. The van der Waals surface area contributed by atoms with Crippen LogP contribution in [0.4, 0.5) is 5.69 Å². The van der Waals surface area contributed by atoms with Gasteiger partial charge in [-0.1, -0.05) is 96.5 Å². The number of aliphatic hydroxyl groups excluding tert-OH is 1. The molecule has 46 heavy (non-hydrogen) atoms. The van der Waals surface area contributed by atoms with Gasteiger partial charge >= 0.3 is 0 Å². The third-order valence-corrected chi connectivity index (χ3v) is 9.47. The third kappa shape index (κ3) is 7.54. The van der Waals surface area contributed by atoms with Crippen LogP contribution in [0.15, 0.2) is 121 Å². The van der Waals surface area contributed by atoms with Crippen molar-refractivity contribution < 1.29 is 18.3 Å². The summed E-state index contributed by atoms with van der Waals surface area (Å²) in [6, 6.07) is 38.8. The van der Waals surface area contributed by atoms with Crippen LogP contribution in [0.2, 0.25) is 5.02 Å². The molecule has 0 aliphatic rings. The van der Waals surface area contributed by atoms with Crippen molar-refractivity contribution in [3.63, 3.8) is 0 Å². The van der Waals surface area contributed by atoms with Gasteiger partial charge in [0, 0.05) is 42.0 Å². The minimum Gasteiger partial charge on any atom is -0.492 e. The van der Waals surface area contributed by atoms with E-state index in [0.29, 0.717) is 42.5 Å². The molecule has 0 saturated heterocycles. The Morgan fingerprint density at radius 3 is 2.15 bits per heavy atom. The van der Waals surface area contributed by atoms with E-state index in [2.05, 4.69) is 40.2 Å². The van der Waals surface area contributed by atoms with Crippen molar-refractivity contribution >= 4 is 49.1 Å². The monoisotopic (exact) mass is 653 g/mol. The van der Waals surface area contributed by atoms with E-state index in [1.807, 2.05) is 72.8 Å². The summed E-state index contributed by atoms with van der Waals surface area (Å²) in [6.07, 6.45) is 0.257. The van der Waals surface area contributed by atoms with Gasteiger partial charge in [-0.05, 0) is 47.0 Å². The van der Waals surface area contributed by atoms with E-state index in [-0.39, 0.29) is 6.54 Å². The van der Waals surface area contributed by atoms with Gasteiger partial charge in [0.25, 0.3) is 0 Å². The molecule has 5 aromatic carbocycles. The Kier molecular flexibility index (Phi) is 9.61. The Balaban J connectivity index is 1.19. The van der Waals surface area contributed by atoms with Gasteiger partial charge in [-0.25, -0.2) is 8.42 Å². The van der Waals surface area contributed by atoms with Gasteiger partial charge in [0.1, 0.15) is 12.4 Å². The number of fused-ring (bicyclic) bond motifs is 3. The van der Waals surface area contributed by atoms with Gasteiger partial charge in [-0.3, -0.25) is 9.21 Å². The maximum Gasteiger partial charge on any atom is 0.232 e. The molecule has 9 heteroatoms. The molecule has 0 amide bonds. The van der Waals surface area contributed by atoms with Crippen molar-refractivity contribution in [2.45, 2.75) is 19.2 Å². The highest BCUT2D eigenvalue weighted by atomic mass is 35.5. The SMILES string of the molecule is CS(=O)(=O)N(Cc1ccccc1)c1cc([C@@H](O)CN(CCOc2ccc3c(c2)[nH]c2ccccc23)Cc2ccccc2)ccc1Cl. The fraction of sp³-hybridized carbons (Fsp3) is 0.189. The average Bonchev–Trinajstić information content (AvgIpc) is 3.42. The van der Waals surface area contributed by atoms with E-state index in [1.54, 1.807) is 18.2 Å². The number of aliphatic hydroxyl groups is 1. The Labute approximate surface area is 274 Å². The maximum absolute atomic E-state index is 12.9. The van der Waals surface area contributed by atoms with Crippen LogP contribution in [0.1, 0.15) is 22.8 Å². The number of ether oxygens (including phenoxy) is 1. The van der Waals surface area contributed by atoms with Crippen LogP contribution < -0.4 is 9.04 Å². The third-order valence-electron chi connectivity index (χ3n) is 8.03. The van der Waals surface area contributed by atoms with Crippen LogP contribution in [-0.2, 0) is 23.1 Å². The Morgan fingerprint density at radius 1 is 0.783 bits per heavy atom. The number of sulfonamides is 1. The van der Waals surface area contributed by atoms with E-state index in [0.717, 1.165) is 39.6 Å². The smallest absolute Gasteiger partial charge is 0.232 e. The molecule has 0 saturated carbocycles. The maximum atomic E-state index is 12.9. The van der Waals surface area contributed by atoms with Gasteiger partial charge in [-0.2, -0.15) is 0 Å². The molecule has 6 rings (SSSR count). The second-order valence-corrected chi connectivity index (χ2v) is 13.7. The van der Waals surface area contributed by atoms with E-state index in [9.17, 15) is 13.5 Å². The standard InChI is InChI=1S/C37H36ClN3O4S/c1-46(43,44)41(25-28-12-6-3-7-13-28)36-22-29(16-19-33(36)38)37(42)26-40(24-27-10-4-2-5-11-27)20-21-45-30-17-18-32-31-14-8-9-15-34(31)39-35(32)23-30/h2-19,22-23,37,39,42H,20-21,24-26H2,1H3/t37-/m0/s1. The lowest BCUT2D eigenvalue weighted by Gasteiger charge is -2.27. The number of aromatic nitrogens is 1. The number of rotatable bonds is 13. The molecule has 0 aliphatic heterocycles. The summed E-state index contributed by atoms with van der Waals surface area (Å²) in [4.78, 5) is 5.59. The largest absolute Gasteiger partial charge is 0.492 e. The van der Waals surface area contributed by atoms with E-state index < -0.39 is 16.1 Å². The number of nitrogens with one attached hydrogen (secondary N) is 1. The van der Waals surface area contributed by atoms with Crippen molar-refractivity contribution in [2.24, 2.45) is 0 Å². The molecule has 1 heterocycles. The number of anilines is 1. The lowest BCUT2D eigenvalue weighted by Crippen LogP contribution is -2.32. The normalized spacial score (nSPS) is 12.5. The van der Waals surface area contributed by atoms with Gasteiger partial charge in [0.05, 0.1) is 35.1 Å². The molecular formula is C37H36ClN3O4S. The van der Waals surface area contributed by atoms with Crippen LogP contribution in [0.3, 0.4) is 0 Å². The highest BCUT2D eigenvalue weighted by Crippen LogP contribution is 2.33. The lowest BCUT2D eigenvalue weighted by molar-refractivity contribution is 0.0986. The number of hydrogen-bond donors (Lipinski definition) is 2. The molecule has 1 atom stereocenters. The molecule has 0 spiro atoms.